The smallest absolute Gasteiger partial charge is 0.303 e. The Balaban J connectivity index is 2.72. The molecule has 0 aromatic rings. The molecule has 1 aliphatic heterocycles. The third-order valence-corrected chi connectivity index (χ3v) is 4.45. The van der Waals surface area contributed by atoms with Crippen LogP contribution < -0.4 is 5.90 Å². The number of hydrogen-bond acceptors (Lipinski definition) is 5. The molecule has 7 heteroatoms. The summed E-state index contributed by atoms with van der Waals surface area (Å²) in [5.74, 6) is 4.03. The van der Waals surface area contributed by atoms with Crippen LogP contribution in [0.5, 0.6) is 0 Å². The Morgan fingerprint density at radius 2 is 1.93 bits per heavy atom. The molecule has 0 amide bonds. The van der Waals surface area contributed by atoms with Gasteiger partial charge in [0.25, 0.3) is 0 Å². The second-order valence-corrected chi connectivity index (χ2v) is 6.34. The average Bonchev–Trinajstić information content (AvgIpc) is 2.10. The van der Waals surface area contributed by atoms with Crippen molar-refractivity contribution in [3.63, 3.8) is 0 Å². The zero-order valence-electron chi connectivity index (χ0n) is 8.31. The lowest BCUT2D eigenvalue weighted by atomic mass is 9.80. The largest absolute Gasteiger partial charge is 0.481 e. The van der Waals surface area contributed by atoms with Crippen LogP contribution in [0.4, 0.5) is 0 Å². The zero-order valence-corrected chi connectivity index (χ0v) is 9.12. The molecular formula is C8H15NO5S. The highest BCUT2D eigenvalue weighted by atomic mass is 32.2. The number of sulfone groups is 1. The minimum atomic E-state index is -3.00. The van der Waals surface area contributed by atoms with Gasteiger partial charge in [0.15, 0.2) is 0 Å². The van der Waals surface area contributed by atoms with Gasteiger partial charge < -0.3 is 9.94 Å². The summed E-state index contributed by atoms with van der Waals surface area (Å²) in [5.41, 5.74) is -0.619. The highest BCUT2D eigenvalue weighted by molar-refractivity contribution is 7.91. The van der Waals surface area contributed by atoms with E-state index in [4.69, 9.17) is 11.0 Å². The second kappa shape index (κ2) is 4.46. The van der Waals surface area contributed by atoms with Crippen LogP contribution in [-0.2, 0) is 19.5 Å². The van der Waals surface area contributed by atoms with Crippen molar-refractivity contribution in [1.29, 1.82) is 0 Å². The van der Waals surface area contributed by atoms with Gasteiger partial charge in [-0.1, -0.05) is 0 Å². The van der Waals surface area contributed by atoms with Gasteiger partial charge in [-0.15, -0.1) is 0 Å². The van der Waals surface area contributed by atoms with Gasteiger partial charge in [0, 0.05) is 5.41 Å². The summed E-state index contributed by atoms with van der Waals surface area (Å²) in [4.78, 5) is 15.2. The molecular weight excluding hydrogens is 222 g/mol. The molecule has 0 radical (unpaired) electrons. The van der Waals surface area contributed by atoms with Gasteiger partial charge >= 0.3 is 5.97 Å². The first-order chi connectivity index (χ1) is 6.89. The van der Waals surface area contributed by atoms with Gasteiger partial charge in [0.05, 0.1) is 24.5 Å². The van der Waals surface area contributed by atoms with Gasteiger partial charge in [0.2, 0.25) is 0 Å². The summed E-state index contributed by atoms with van der Waals surface area (Å²) < 4.78 is 22.4. The lowest BCUT2D eigenvalue weighted by Gasteiger charge is -2.34. The van der Waals surface area contributed by atoms with Crippen LogP contribution in [0.25, 0.3) is 0 Å². The van der Waals surface area contributed by atoms with Crippen molar-refractivity contribution in [2.24, 2.45) is 11.3 Å². The number of rotatable bonds is 4. The first kappa shape index (κ1) is 12.4. The summed E-state index contributed by atoms with van der Waals surface area (Å²) >= 11 is 0. The Morgan fingerprint density at radius 1 is 1.40 bits per heavy atom. The van der Waals surface area contributed by atoms with Crippen LogP contribution in [0.2, 0.25) is 0 Å². The topological polar surface area (TPSA) is 107 Å². The predicted molar refractivity (Wildman–Crippen MR) is 52.7 cm³/mol. The van der Waals surface area contributed by atoms with Crippen molar-refractivity contribution in [2.45, 2.75) is 19.3 Å². The van der Waals surface area contributed by atoms with Crippen molar-refractivity contribution in [3.05, 3.63) is 0 Å². The highest BCUT2D eigenvalue weighted by Crippen LogP contribution is 2.36. The van der Waals surface area contributed by atoms with E-state index in [9.17, 15) is 13.2 Å². The third kappa shape index (κ3) is 3.44. The van der Waals surface area contributed by atoms with Crippen molar-refractivity contribution >= 4 is 15.8 Å². The van der Waals surface area contributed by atoms with Crippen LogP contribution in [0.15, 0.2) is 0 Å². The van der Waals surface area contributed by atoms with E-state index < -0.39 is 21.2 Å². The van der Waals surface area contributed by atoms with Crippen molar-refractivity contribution in [3.8, 4) is 0 Å². The van der Waals surface area contributed by atoms with Crippen molar-refractivity contribution < 1.29 is 23.2 Å². The van der Waals surface area contributed by atoms with E-state index >= 15 is 0 Å². The molecule has 1 rings (SSSR count). The van der Waals surface area contributed by atoms with Gasteiger partial charge in [-0.2, -0.15) is 0 Å². The van der Waals surface area contributed by atoms with Crippen LogP contribution in [0.1, 0.15) is 19.3 Å². The molecule has 0 unspecified atom stereocenters. The molecule has 0 aliphatic carbocycles. The maximum absolute atomic E-state index is 11.2. The van der Waals surface area contributed by atoms with Gasteiger partial charge in [0.1, 0.15) is 9.84 Å². The quantitative estimate of drug-likeness (QED) is 0.641. The minimum Gasteiger partial charge on any atom is -0.481 e. The number of nitrogens with two attached hydrogens (primary N) is 1. The molecule has 6 nitrogen and oxygen atoms in total. The zero-order chi connectivity index (χ0) is 11.5. The van der Waals surface area contributed by atoms with E-state index in [1.807, 2.05) is 0 Å². The van der Waals surface area contributed by atoms with Crippen LogP contribution >= 0.6 is 0 Å². The molecule has 0 aromatic heterocycles. The van der Waals surface area contributed by atoms with E-state index in [-0.39, 0.29) is 24.5 Å². The average molecular weight is 237 g/mol. The summed E-state index contributed by atoms with van der Waals surface area (Å²) in [7, 11) is -3.00. The summed E-state index contributed by atoms with van der Waals surface area (Å²) in [6.45, 7) is 0.0921. The number of hydrogen-bond donors (Lipinski definition) is 2. The van der Waals surface area contributed by atoms with E-state index in [0.717, 1.165) is 0 Å². The Bertz CT molecular complexity index is 323. The lowest BCUT2D eigenvalue weighted by Crippen LogP contribution is -2.39. The number of carboxylic acids is 1. The number of aliphatic carboxylic acids is 1. The maximum atomic E-state index is 11.2. The van der Waals surface area contributed by atoms with Crippen LogP contribution in [0.3, 0.4) is 0 Å². The van der Waals surface area contributed by atoms with E-state index in [0.29, 0.717) is 12.8 Å². The molecule has 1 fully saturated rings. The lowest BCUT2D eigenvalue weighted by molar-refractivity contribution is -0.141. The molecule has 1 heterocycles. The summed E-state index contributed by atoms with van der Waals surface area (Å²) in [6.07, 6.45) is 0.511. The van der Waals surface area contributed by atoms with Gasteiger partial charge in [-0.3, -0.25) is 4.79 Å². The predicted octanol–water partition coefficient (Wildman–Crippen LogP) is -0.454. The molecule has 0 spiro atoms. The third-order valence-electron chi connectivity index (χ3n) is 2.80. The first-order valence-corrected chi connectivity index (χ1v) is 6.45. The fourth-order valence-electron chi connectivity index (χ4n) is 1.84. The fourth-order valence-corrected chi connectivity index (χ4v) is 3.53. The molecule has 88 valence electrons. The summed E-state index contributed by atoms with van der Waals surface area (Å²) in [6, 6.07) is 0. The molecule has 0 bridgehead atoms. The highest BCUT2D eigenvalue weighted by Gasteiger charge is 2.39. The van der Waals surface area contributed by atoms with Crippen LogP contribution in [0, 0.1) is 5.41 Å². The normalized spacial score (nSPS) is 23.5. The Hall–Kier alpha value is -0.660. The Morgan fingerprint density at radius 3 is 2.33 bits per heavy atom. The summed E-state index contributed by atoms with van der Waals surface area (Å²) in [5, 5.41) is 8.74. The molecule has 15 heavy (non-hydrogen) atoms. The van der Waals surface area contributed by atoms with E-state index in [1.165, 1.54) is 0 Å². The van der Waals surface area contributed by atoms with Gasteiger partial charge in [-0.05, 0) is 12.8 Å². The van der Waals surface area contributed by atoms with E-state index in [1.54, 1.807) is 0 Å². The standard InChI is InChI=1S/C8H15NO5S/c9-14-6-8(5-7(10)11)1-3-15(12,13)4-2-8/h1-6,9H2,(H,10,11). The van der Waals surface area contributed by atoms with Gasteiger partial charge in [-0.25, -0.2) is 14.3 Å². The minimum absolute atomic E-state index is 0.0175. The number of carboxylic acid groups (broad SMARTS) is 1. The monoisotopic (exact) mass is 237 g/mol. The Labute approximate surface area is 88.3 Å². The SMILES string of the molecule is NOCC1(CC(=O)O)CCS(=O)(=O)CC1. The molecule has 0 saturated carbocycles. The molecule has 1 aliphatic rings. The first-order valence-electron chi connectivity index (χ1n) is 4.63. The van der Waals surface area contributed by atoms with Crippen molar-refractivity contribution in [1.82, 2.24) is 0 Å². The fraction of sp³-hybridized carbons (Fsp3) is 0.875. The molecule has 3 N–H and O–H groups in total. The Kier molecular flexibility index (Phi) is 3.69. The van der Waals surface area contributed by atoms with Crippen LogP contribution in [-0.4, -0.2) is 37.6 Å². The molecule has 0 aromatic carbocycles. The van der Waals surface area contributed by atoms with E-state index in [2.05, 4.69) is 4.84 Å². The molecule has 0 atom stereocenters. The second-order valence-electron chi connectivity index (χ2n) is 4.03. The maximum Gasteiger partial charge on any atom is 0.303 e. The van der Waals surface area contributed by atoms with Crippen molar-refractivity contribution in [2.75, 3.05) is 18.1 Å². The molecule has 1 saturated heterocycles. The number of carbonyl (C=O) groups is 1.